The summed E-state index contributed by atoms with van der Waals surface area (Å²) in [5, 5.41) is 15.6. The second-order valence-electron chi connectivity index (χ2n) is 4.16. The zero-order chi connectivity index (χ0) is 17.1. The summed E-state index contributed by atoms with van der Waals surface area (Å²) in [7, 11) is 0. The van der Waals surface area contributed by atoms with E-state index in [1.165, 1.54) is 0 Å². The van der Waals surface area contributed by atoms with Gasteiger partial charge in [-0.1, -0.05) is 30.3 Å². The van der Waals surface area contributed by atoms with E-state index in [1.54, 1.807) is 18.3 Å². The molecule has 0 atom stereocenters. The molecule has 2 aromatic rings. The van der Waals surface area contributed by atoms with E-state index < -0.39 is 11.9 Å². The summed E-state index contributed by atoms with van der Waals surface area (Å²) in [5.41, 5.74) is 1.46. The average Bonchev–Trinajstić information content (AvgIpc) is 3.07. The lowest BCUT2D eigenvalue weighted by atomic mass is 10.2. The van der Waals surface area contributed by atoms with Crippen molar-refractivity contribution in [3.8, 4) is 0 Å². The van der Waals surface area contributed by atoms with Gasteiger partial charge in [0.2, 0.25) is 0 Å². The van der Waals surface area contributed by atoms with Crippen LogP contribution in [0, 0.1) is 0 Å². The number of carboxylic acids is 2. The van der Waals surface area contributed by atoms with Crippen LogP contribution in [0.3, 0.4) is 0 Å². The molecule has 0 aliphatic heterocycles. The Bertz CT molecular complexity index is 645. The van der Waals surface area contributed by atoms with Crippen molar-refractivity contribution in [2.45, 2.75) is 6.61 Å². The summed E-state index contributed by atoms with van der Waals surface area (Å²) in [6.07, 6.45) is 2.81. The average molecular weight is 317 g/mol. The van der Waals surface area contributed by atoms with Crippen molar-refractivity contribution in [2.75, 3.05) is 0 Å². The maximum atomic E-state index is 11.4. The predicted molar refractivity (Wildman–Crippen MR) is 80.8 cm³/mol. The van der Waals surface area contributed by atoms with Crippen LogP contribution in [0.5, 0.6) is 0 Å². The first-order chi connectivity index (χ1) is 11.0. The largest absolute Gasteiger partial charge is 0.478 e. The molecular formula is C16H15NO6. The van der Waals surface area contributed by atoms with Crippen LogP contribution in [-0.2, 0) is 20.9 Å². The van der Waals surface area contributed by atoms with E-state index in [0.29, 0.717) is 24.5 Å². The standard InChI is InChI=1S/C12H11NO2.C4H4O4/c14-12(11-7-4-8-13-11)15-9-10-5-2-1-3-6-10;5-3(6)1-2-4(7)8/h1-8,13H,9H2;1-2H,(H,5,6)(H,7,8)/b;2-1-. The Morgan fingerprint density at radius 3 is 2.04 bits per heavy atom. The van der Waals surface area contributed by atoms with Gasteiger partial charge in [0.05, 0.1) is 0 Å². The van der Waals surface area contributed by atoms with Crippen molar-refractivity contribution >= 4 is 17.9 Å². The second-order valence-corrected chi connectivity index (χ2v) is 4.16. The Hall–Kier alpha value is -3.35. The molecule has 0 aliphatic rings. The zero-order valence-electron chi connectivity index (χ0n) is 12.0. The van der Waals surface area contributed by atoms with E-state index in [0.717, 1.165) is 5.56 Å². The van der Waals surface area contributed by atoms with Crippen molar-refractivity contribution in [2.24, 2.45) is 0 Å². The number of aromatic nitrogens is 1. The Balaban J connectivity index is 0.000000284. The van der Waals surface area contributed by atoms with Gasteiger partial charge in [0.15, 0.2) is 0 Å². The first kappa shape index (κ1) is 17.7. The van der Waals surface area contributed by atoms with Gasteiger partial charge in [0, 0.05) is 18.3 Å². The third kappa shape index (κ3) is 7.86. The van der Waals surface area contributed by atoms with Gasteiger partial charge < -0.3 is 19.9 Å². The van der Waals surface area contributed by atoms with Gasteiger partial charge in [-0.3, -0.25) is 0 Å². The van der Waals surface area contributed by atoms with Crippen molar-refractivity contribution in [1.29, 1.82) is 0 Å². The van der Waals surface area contributed by atoms with Crippen LogP contribution in [0.4, 0.5) is 0 Å². The van der Waals surface area contributed by atoms with Crippen molar-refractivity contribution < 1.29 is 29.3 Å². The number of rotatable bonds is 5. The van der Waals surface area contributed by atoms with Gasteiger partial charge in [0.25, 0.3) is 0 Å². The molecular weight excluding hydrogens is 302 g/mol. The lowest BCUT2D eigenvalue weighted by molar-refractivity contribution is -0.134. The van der Waals surface area contributed by atoms with E-state index in [4.69, 9.17) is 14.9 Å². The highest BCUT2D eigenvalue weighted by Crippen LogP contribution is 2.04. The fourth-order valence-corrected chi connectivity index (χ4v) is 1.40. The SMILES string of the molecule is O=C(O)/C=C\C(=O)O.O=C(OCc1ccccc1)c1ccc[nH]1. The second kappa shape index (κ2) is 9.56. The molecule has 0 amide bonds. The number of esters is 1. The van der Waals surface area contributed by atoms with E-state index in [1.807, 2.05) is 30.3 Å². The molecule has 120 valence electrons. The quantitative estimate of drug-likeness (QED) is 0.574. The highest BCUT2D eigenvalue weighted by Gasteiger charge is 2.06. The maximum absolute atomic E-state index is 11.4. The van der Waals surface area contributed by atoms with Crippen molar-refractivity contribution in [1.82, 2.24) is 4.98 Å². The molecule has 0 unspecified atom stereocenters. The van der Waals surface area contributed by atoms with Gasteiger partial charge in [0.1, 0.15) is 12.3 Å². The number of hydrogen-bond acceptors (Lipinski definition) is 4. The monoisotopic (exact) mass is 317 g/mol. The molecule has 3 N–H and O–H groups in total. The van der Waals surface area contributed by atoms with E-state index in [-0.39, 0.29) is 5.97 Å². The first-order valence-electron chi connectivity index (χ1n) is 6.47. The third-order valence-corrected chi connectivity index (χ3v) is 2.40. The van der Waals surface area contributed by atoms with Gasteiger partial charge in [-0.05, 0) is 17.7 Å². The van der Waals surface area contributed by atoms with Crippen LogP contribution in [-0.4, -0.2) is 33.1 Å². The Kier molecular flexibility index (Phi) is 7.36. The Morgan fingerprint density at radius 1 is 0.957 bits per heavy atom. The lowest BCUT2D eigenvalue weighted by Gasteiger charge is -2.02. The molecule has 0 spiro atoms. The molecule has 1 aromatic heterocycles. The summed E-state index contributed by atoms with van der Waals surface area (Å²) in [4.78, 5) is 33.3. The van der Waals surface area contributed by atoms with Gasteiger partial charge in [-0.25, -0.2) is 14.4 Å². The number of nitrogens with one attached hydrogen (secondary N) is 1. The molecule has 23 heavy (non-hydrogen) atoms. The normalized spacial score (nSPS) is 9.74. The molecule has 0 aliphatic carbocycles. The number of hydrogen-bond donors (Lipinski definition) is 3. The van der Waals surface area contributed by atoms with Crippen molar-refractivity contribution in [3.05, 3.63) is 72.1 Å². The van der Waals surface area contributed by atoms with E-state index in [2.05, 4.69) is 4.98 Å². The number of carbonyl (C=O) groups is 3. The minimum atomic E-state index is -1.26. The molecule has 0 saturated carbocycles. The fourth-order valence-electron chi connectivity index (χ4n) is 1.40. The van der Waals surface area contributed by atoms with Gasteiger partial charge >= 0.3 is 17.9 Å². The summed E-state index contributed by atoms with van der Waals surface area (Å²) in [6.45, 7) is 0.304. The maximum Gasteiger partial charge on any atom is 0.355 e. The number of aliphatic carboxylic acids is 2. The molecule has 0 radical (unpaired) electrons. The Morgan fingerprint density at radius 2 is 1.57 bits per heavy atom. The predicted octanol–water partition coefficient (Wildman–Crippen LogP) is 2.08. The molecule has 1 aromatic carbocycles. The molecule has 7 nitrogen and oxygen atoms in total. The first-order valence-corrected chi connectivity index (χ1v) is 6.47. The molecule has 0 bridgehead atoms. The van der Waals surface area contributed by atoms with Crippen molar-refractivity contribution in [3.63, 3.8) is 0 Å². The highest BCUT2D eigenvalue weighted by molar-refractivity contribution is 5.89. The molecule has 2 rings (SSSR count). The van der Waals surface area contributed by atoms with Crippen LogP contribution >= 0.6 is 0 Å². The van der Waals surface area contributed by atoms with Crippen LogP contribution in [0.15, 0.2) is 60.8 Å². The number of aromatic amines is 1. The number of carboxylic acid groups (broad SMARTS) is 2. The minimum absolute atomic E-state index is 0.304. The van der Waals surface area contributed by atoms with Crippen LogP contribution in [0.2, 0.25) is 0 Å². The summed E-state index contributed by atoms with van der Waals surface area (Å²) >= 11 is 0. The lowest BCUT2D eigenvalue weighted by Crippen LogP contribution is -2.05. The highest BCUT2D eigenvalue weighted by atomic mass is 16.5. The van der Waals surface area contributed by atoms with Gasteiger partial charge in [-0.2, -0.15) is 0 Å². The third-order valence-electron chi connectivity index (χ3n) is 2.40. The molecule has 0 saturated heterocycles. The number of ether oxygens (including phenoxy) is 1. The number of benzene rings is 1. The van der Waals surface area contributed by atoms with E-state index >= 15 is 0 Å². The van der Waals surface area contributed by atoms with Crippen LogP contribution in [0.1, 0.15) is 16.1 Å². The fraction of sp³-hybridized carbons (Fsp3) is 0.0625. The minimum Gasteiger partial charge on any atom is -0.478 e. The van der Waals surface area contributed by atoms with Gasteiger partial charge in [-0.15, -0.1) is 0 Å². The summed E-state index contributed by atoms with van der Waals surface area (Å²) < 4.78 is 5.10. The molecule has 0 fully saturated rings. The zero-order valence-corrected chi connectivity index (χ0v) is 12.0. The molecule has 7 heteroatoms. The summed E-state index contributed by atoms with van der Waals surface area (Å²) in [5.74, 6) is -2.84. The van der Waals surface area contributed by atoms with Crippen LogP contribution in [0.25, 0.3) is 0 Å². The Labute approximate surface area is 131 Å². The summed E-state index contributed by atoms with van der Waals surface area (Å²) in [6, 6.07) is 13.0. The van der Waals surface area contributed by atoms with Crippen LogP contribution < -0.4 is 0 Å². The molecule has 1 heterocycles. The number of H-pyrrole nitrogens is 1. The van der Waals surface area contributed by atoms with E-state index in [9.17, 15) is 14.4 Å². The topological polar surface area (TPSA) is 117 Å². The smallest absolute Gasteiger partial charge is 0.355 e. The number of carbonyl (C=O) groups excluding carboxylic acids is 1.